The molecule has 3 nitrogen and oxygen atoms in total. The van der Waals surface area contributed by atoms with Crippen LogP contribution in [0.1, 0.15) is 25.5 Å². The molecule has 0 bridgehead atoms. The SMILES string of the molecule is CC(C)=CC(NN)c1ccc(OC(F)(F)F)cc1. The lowest BCUT2D eigenvalue weighted by atomic mass is 10.1. The summed E-state index contributed by atoms with van der Waals surface area (Å²) in [6, 6.07) is 5.34. The molecule has 0 radical (unpaired) electrons. The number of alkyl halides is 3. The molecule has 0 aromatic heterocycles. The lowest BCUT2D eigenvalue weighted by Gasteiger charge is -2.14. The number of nitrogens with one attached hydrogen (secondary N) is 1. The van der Waals surface area contributed by atoms with E-state index in [9.17, 15) is 13.2 Å². The van der Waals surface area contributed by atoms with Gasteiger partial charge >= 0.3 is 6.36 Å². The van der Waals surface area contributed by atoms with Crippen molar-refractivity contribution in [3.63, 3.8) is 0 Å². The number of benzene rings is 1. The van der Waals surface area contributed by atoms with Gasteiger partial charge in [0, 0.05) is 0 Å². The van der Waals surface area contributed by atoms with E-state index in [0.717, 1.165) is 11.1 Å². The lowest BCUT2D eigenvalue weighted by Crippen LogP contribution is -2.26. The van der Waals surface area contributed by atoms with E-state index in [1.165, 1.54) is 24.3 Å². The van der Waals surface area contributed by atoms with E-state index in [-0.39, 0.29) is 11.8 Å². The van der Waals surface area contributed by atoms with Crippen LogP contribution in [0.2, 0.25) is 0 Å². The number of rotatable bonds is 4. The second-order valence-electron chi connectivity index (χ2n) is 4.01. The van der Waals surface area contributed by atoms with Crippen molar-refractivity contribution >= 4 is 0 Å². The highest BCUT2D eigenvalue weighted by atomic mass is 19.4. The zero-order valence-corrected chi connectivity index (χ0v) is 10.1. The Morgan fingerprint density at radius 1 is 1.28 bits per heavy atom. The second-order valence-corrected chi connectivity index (χ2v) is 4.01. The van der Waals surface area contributed by atoms with Gasteiger partial charge in [0.25, 0.3) is 0 Å². The third kappa shape index (κ3) is 4.77. The number of hydrogen-bond acceptors (Lipinski definition) is 3. The first-order valence-electron chi connectivity index (χ1n) is 5.28. The molecule has 0 aliphatic heterocycles. The lowest BCUT2D eigenvalue weighted by molar-refractivity contribution is -0.274. The fraction of sp³-hybridized carbons (Fsp3) is 0.333. The number of allylic oxidation sites excluding steroid dienone is 1. The van der Waals surface area contributed by atoms with Crippen LogP contribution in [0, 0.1) is 0 Å². The third-order valence-corrected chi connectivity index (χ3v) is 2.15. The smallest absolute Gasteiger partial charge is 0.406 e. The molecule has 1 aromatic carbocycles. The van der Waals surface area contributed by atoms with Gasteiger partial charge in [-0.1, -0.05) is 23.8 Å². The van der Waals surface area contributed by atoms with E-state index in [0.29, 0.717) is 0 Å². The molecular weight excluding hydrogens is 245 g/mol. The molecule has 1 unspecified atom stereocenters. The average molecular weight is 260 g/mol. The molecule has 6 heteroatoms. The Morgan fingerprint density at radius 2 is 1.83 bits per heavy atom. The van der Waals surface area contributed by atoms with E-state index < -0.39 is 6.36 Å². The summed E-state index contributed by atoms with van der Waals surface area (Å²) < 4.78 is 39.7. The van der Waals surface area contributed by atoms with Crippen LogP contribution in [0.5, 0.6) is 5.75 Å². The van der Waals surface area contributed by atoms with Crippen LogP contribution in [0.15, 0.2) is 35.9 Å². The molecule has 0 aliphatic carbocycles. The summed E-state index contributed by atoms with van der Waals surface area (Å²) in [6.07, 6.45) is -2.80. The molecule has 18 heavy (non-hydrogen) atoms. The summed E-state index contributed by atoms with van der Waals surface area (Å²) in [5, 5.41) is 0. The fourth-order valence-corrected chi connectivity index (χ4v) is 1.45. The third-order valence-electron chi connectivity index (χ3n) is 2.15. The number of hydrazine groups is 1. The normalized spacial score (nSPS) is 13.0. The number of ether oxygens (including phenoxy) is 1. The Kier molecular flexibility index (Phi) is 4.75. The van der Waals surface area contributed by atoms with E-state index in [1.54, 1.807) is 0 Å². The molecule has 0 fully saturated rings. The Labute approximate surface area is 103 Å². The first kappa shape index (κ1) is 14.5. The van der Waals surface area contributed by atoms with Gasteiger partial charge in [0.2, 0.25) is 0 Å². The second kappa shape index (κ2) is 5.88. The molecule has 1 atom stereocenters. The van der Waals surface area contributed by atoms with Crippen molar-refractivity contribution in [2.45, 2.75) is 26.3 Å². The number of hydrogen-bond donors (Lipinski definition) is 2. The van der Waals surface area contributed by atoms with Gasteiger partial charge < -0.3 is 4.74 Å². The molecule has 100 valence electrons. The van der Waals surface area contributed by atoms with Gasteiger partial charge in [0.05, 0.1) is 6.04 Å². The maximum atomic E-state index is 12.0. The maximum Gasteiger partial charge on any atom is 0.573 e. The molecule has 0 saturated heterocycles. The molecule has 1 rings (SSSR count). The van der Waals surface area contributed by atoms with Crippen LogP contribution in [0.4, 0.5) is 13.2 Å². The monoisotopic (exact) mass is 260 g/mol. The minimum atomic E-state index is -4.67. The predicted molar refractivity (Wildman–Crippen MR) is 62.6 cm³/mol. The summed E-state index contributed by atoms with van der Waals surface area (Å²) in [4.78, 5) is 0. The van der Waals surface area contributed by atoms with Crippen LogP contribution < -0.4 is 16.0 Å². The van der Waals surface area contributed by atoms with Crippen molar-refractivity contribution in [1.82, 2.24) is 5.43 Å². The molecule has 0 spiro atoms. The highest BCUT2D eigenvalue weighted by Crippen LogP contribution is 2.24. The summed E-state index contributed by atoms with van der Waals surface area (Å²) in [6.45, 7) is 3.82. The maximum absolute atomic E-state index is 12.0. The van der Waals surface area contributed by atoms with Gasteiger partial charge in [-0.05, 0) is 31.5 Å². The van der Waals surface area contributed by atoms with Crippen molar-refractivity contribution in [3.05, 3.63) is 41.5 Å². The fourth-order valence-electron chi connectivity index (χ4n) is 1.45. The average Bonchev–Trinajstić information content (AvgIpc) is 2.24. The minimum Gasteiger partial charge on any atom is -0.406 e. The number of halogens is 3. The molecule has 0 heterocycles. The quantitative estimate of drug-likeness (QED) is 0.497. The standard InChI is InChI=1S/C12H15F3N2O/c1-8(2)7-11(17-16)9-3-5-10(6-4-9)18-12(13,14)15/h3-7,11,17H,16H2,1-2H3. The van der Waals surface area contributed by atoms with Gasteiger partial charge in [-0.2, -0.15) is 0 Å². The van der Waals surface area contributed by atoms with Gasteiger partial charge in [0.1, 0.15) is 5.75 Å². The van der Waals surface area contributed by atoms with Gasteiger partial charge in [-0.15, -0.1) is 13.2 Å². The van der Waals surface area contributed by atoms with Gasteiger partial charge in [-0.3, -0.25) is 5.84 Å². The predicted octanol–water partition coefficient (Wildman–Crippen LogP) is 3.06. The highest BCUT2D eigenvalue weighted by molar-refractivity contribution is 5.31. The van der Waals surface area contributed by atoms with Crippen LogP contribution in [0.25, 0.3) is 0 Å². The van der Waals surface area contributed by atoms with Crippen LogP contribution in [-0.4, -0.2) is 6.36 Å². The van der Waals surface area contributed by atoms with Crippen molar-refractivity contribution in [2.24, 2.45) is 5.84 Å². The van der Waals surface area contributed by atoms with E-state index >= 15 is 0 Å². The zero-order valence-electron chi connectivity index (χ0n) is 10.1. The summed E-state index contributed by atoms with van der Waals surface area (Å²) in [7, 11) is 0. The molecule has 3 N–H and O–H groups in total. The highest BCUT2D eigenvalue weighted by Gasteiger charge is 2.30. The largest absolute Gasteiger partial charge is 0.573 e. The molecular formula is C12H15F3N2O. The number of nitrogens with two attached hydrogens (primary N) is 1. The molecule has 1 aromatic rings. The molecule has 0 amide bonds. The van der Waals surface area contributed by atoms with E-state index in [4.69, 9.17) is 5.84 Å². The minimum absolute atomic E-state index is 0.241. The topological polar surface area (TPSA) is 47.3 Å². The Bertz CT molecular complexity index is 408. The first-order valence-corrected chi connectivity index (χ1v) is 5.28. The van der Waals surface area contributed by atoms with Crippen molar-refractivity contribution in [2.75, 3.05) is 0 Å². The summed E-state index contributed by atoms with van der Waals surface area (Å²) >= 11 is 0. The van der Waals surface area contributed by atoms with E-state index in [1.807, 2.05) is 19.9 Å². The zero-order chi connectivity index (χ0) is 13.8. The Hall–Kier alpha value is -1.53. The van der Waals surface area contributed by atoms with Gasteiger partial charge in [0.15, 0.2) is 0 Å². The van der Waals surface area contributed by atoms with Crippen molar-refractivity contribution in [1.29, 1.82) is 0 Å². The van der Waals surface area contributed by atoms with Crippen LogP contribution in [-0.2, 0) is 0 Å². The van der Waals surface area contributed by atoms with E-state index in [2.05, 4.69) is 10.2 Å². The van der Waals surface area contributed by atoms with Crippen molar-refractivity contribution < 1.29 is 17.9 Å². The Balaban J connectivity index is 2.84. The summed E-state index contributed by atoms with van der Waals surface area (Å²) in [5.41, 5.74) is 4.39. The van der Waals surface area contributed by atoms with Gasteiger partial charge in [-0.25, -0.2) is 5.43 Å². The summed E-state index contributed by atoms with van der Waals surface area (Å²) in [5.74, 6) is 5.14. The van der Waals surface area contributed by atoms with Crippen LogP contribution >= 0.6 is 0 Å². The molecule has 0 saturated carbocycles. The molecule has 0 aliphatic rings. The Morgan fingerprint density at radius 3 is 2.22 bits per heavy atom. The van der Waals surface area contributed by atoms with Crippen LogP contribution in [0.3, 0.4) is 0 Å². The van der Waals surface area contributed by atoms with Crippen molar-refractivity contribution in [3.8, 4) is 5.75 Å². The first-order chi connectivity index (χ1) is 8.31.